The largest absolute Gasteiger partial charge is 0.313 e. The summed E-state index contributed by atoms with van der Waals surface area (Å²) < 4.78 is 22.8. The molecular weight excluding hydrogens is 216 g/mol. The molecule has 0 unspecified atom stereocenters. The fourth-order valence-corrected chi connectivity index (χ4v) is 2.21. The zero-order chi connectivity index (χ0) is 11.1. The smallest absolute Gasteiger partial charge is 0.258 e. The summed E-state index contributed by atoms with van der Waals surface area (Å²) in [5.41, 5.74) is -0.130. The minimum atomic E-state index is -3.36. The predicted octanol–water partition coefficient (Wildman–Crippen LogP) is 0.327. The third-order valence-corrected chi connectivity index (χ3v) is 3.16. The number of nitrogens with one attached hydrogen (secondary N) is 1. The molecule has 0 spiro atoms. The van der Waals surface area contributed by atoms with Gasteiger partial charge in [-0.1, -0.05) is 6.07 Å². The van der Waals surface area contributed by atoms with Gasteiger partial charge in [-0.25, -0.2) is 13.4 Å². The molecule has 1 heterocycles. The summed E-state index contributed by atoms with van der Waals surface area (Å²) in [5.74, 6) is 0. The predicted molar refractivity (Wildman–Crippen MR) is 55.5 cm³/mol. The van der Waals surface area contributed by atoms with Crippen LogP contribution in [0.4, 0.5) is 0 Å². The van der Waals surface area contributed by atoms with E-state index >= 15 is 0 Å². The molecule has 0 aliphatic carbocycles. The van der Waals surface area contributed by atoms with Gasteiger partial charge in [-0.15, -0.1) is 0 Å². The van der Waals surface area contributed by atoms with Crippen molar-refractivity contribution in [1.29, 1.82) is 0 Å². The van der Waals surface area contributed by atoms with Crippen LogP contribution in [0.3, 0.4) is 0 Å². The summed E-state index contributed by atoms with van der Waals surface area (Å²) in [6.45, 7) is 0. The van der Waals surface area contributed by atoms with Gasteiger partial charge >= 0.3 is 0 Å². The summed E-state index contributed by atoms with van der Waals surface area (Å²) in [5, 5.41) is 0.278. The van der Waals surface area contributed by atoms with Gasteiger partial charge in [-0.2, -0.15) is 0 Å². The normalized spacial score (nSPS) is 11.8. The van der Waals surface area contributed by atoms with Gasteiger partial charge in [0.2, 0.25) is 0 Å². The maximum absolute atomic E-state index is 11.4. The highest BCUT2D eigenvalue weighted by Crippen LogP contribution is 2.17. The lowest BCUT2D eigenvalue weighted by atomic mass is 10.2. The van der Waals surface area contributed by atoms with Crippen LogP contribution in [0.2, 0.25) is 0 Å². The summed E-state index contributed by atoms with van der Waals surface area (Å²) in [6.07, 6.45) is 2.28. The first kappa shape index (κ1) is 9.85. The van der Waals surface area contributed by atoms with Crippen molar-refractivity contribution in [3.05, 3.63) is 34.9 Å². The quantitative estimate of drug-likeness (QED) is 0.756. The van der Waals surface area contributed by atoms with E-state index in [1.165, 1.54) is 24.5 Å². The molecule has 0 bridgehead atoms. The molecule has 5 nitrogen and oxygen atoms in total. The van der Waals surface area contributed by atoms with Gasteiger partial charge in [0, 0.05) is 6.26 Å². The fraction of sp³-hybridized carbons (Fsp3) is 0.111. The van der Waals surface area contributed by atoms with E-state index in [1.807, 2.05) is 0 Å². The fourth-order valence-electron chi connectivity index (χ4n) is 1.37. The van der Waals surface area contributed by atoms with Crippen molar-refractivity contribution in [2.75, 3.05) is 6.26 Å². The number of nitrogens with zero attached hydrogens (tertiary/aromatic N) is 1. The molecule has 2 aromatic rings. The molecule has 0 fully saturated rings. The summed E-state index contributed by atoms with van der Waals surface area (Å²) in [6, 6.07) is 4.50. The third-order valence-electron chi connectivity index (χ3n) is 2.03. The minimum absolute atomic E-state index is 0.0751. The highest BCUT2D eigenvalue weighted by molar-refractivity contribution is 7.91. The van der Waals surface area contributed by atoms with E-state index in [9.17, 15) is 13.2 Å². The Morgan fingerprint density at radius 3 is 2.73 bits per heavy atom. The molecule has 2 rings (SSSR count). The Balaban J connectivity index is 3.02. The topological polar surface area (TPSA) is 79.9 Å². The average molecular weight is 224 g/mol. The first-order valence-corrected chi connectivity index (χ1v) is 6.06. The van der Waals surface area contributed by atoms with Gasteiger partial charge in [-0.05, 0) is 12.1 Å². The van der Waals surface area contributed by atoms with Crippen molar-refractivity contribution in [1.82, 2.24) is 9.97 Å². The van der Waals surface area contributed by atoms with Crippen molar-refractivity contribution in [2.24, 2.45) is 0 Å². The lowest BCUT2D eigenvalue weighted by Gasteiger charge is -2.01. The monoisotopic (exact) mass is 224 g/mol. The maximum atomic E-state index is 11.4. The Kier molecular flexibility index (Phi) is 2.08. The number of hydrogen-bond donors (Lipinski definition) is 1. The molecule has 6 heteroatoms. The number of aromatic nitrogens is 2. The first-order chi connectivity index (χ1) is 7.00. The highest BCUT2D eigenvalue weighted by atomic mass is 32.2. The molecule has 0 saturated heterocycles. The van der Waals surface area contributed by atoms with Gasteiger partial charge in [0.15, 0.2) is 9.84 Å². The molecule has 78 valence electrons. The lowest BCUT2D eigenvalue weighted by Crippen LogP contribution is -2.09. The molecule has 0 aliphatic heterocycles. The zero-order valence-corrected chi connectivity index (χ0v) is 8.71. The van der Waals surface area contributed by atoms with Gasteiger partial charge < -0.3 is 4.98 Å². The summed E-state index contributed by atoms with van der Waals surface area (Å²) >= 11 is 0. The van der Waals surface area contributed by atoms with Crippen molar-refractivity contribution in [2.45, 2.75) is 4.90 Å². The second-order valence-electron chi connectivity index (χ2n) is 3.16. The van der Waals surface area contributed by atoms with Crippen molar-refractivity contribution >= 4 is 20.7 Å². The van der Waals surface area contributed by atoms with E-state index < -0.39 is 9.84 Å². The van der Waals surface area contributed by atoms with Crippen LogP contribution < -0.4 is 5.56 Å². The standard InChI is InChI=1S/C9H8N2O3S/c1-15(13,14)7-4-2-3-6-8(7)10-5-11-9(6)12/h2-5H,1H3,(H,10,11,12). The number of sulfone groups is 1. The number of para-hydroxylation sites is 1. The molecule has 0 radical (unpaired) electrons. The number of aromatic amines is 1. The Hall–Kier alpha value is -1.69. The molecule has 0 amide bonds. The molecule has 1 N–H and O–H groups in total. The van der Waals surface area contributed by atoms with E-state index in [1.54, 1.807) is 0 Å². The minimum Gasteiger partial charge on any atom is -0.313 e. The van der Waals surface area contributed by atoms with Crippen LogP contribution in [-0.2, 0) is 9.84 Å². The van der Waals surface area contributed by atoms with Crippen LogP contribution in [-0.4, -0.2) is 24.6 Å². The molecule has 0 atom stereocenters. The van der Waals surface area contributed by atoms with Gasteiger partial charge in [0.05, 0.1) is 22.1 Å². The van der Waals surface area contributed by atoms with E-state index in [0.29, 0.717) is 0 Å². The van der Waals surface area contributed by atoms with Crippen molar-refractivity contribution < 1.29 is 8.42 Å². The number of H-pyrrole nitrogens is 1. The van der Waals surface area contributed by atoms with Gasteiger partial charge in [0.1, 0.15) is 0 Å². The Morgan fingerprint density at radius 2 is 2.07 bits per heavy atom. The first-order valence-electron chi connectivity index (χ1n) is 4.16. The van der Waals surface area contributed by atoms with Crippen LogP contribution in [0.15, 0.2) is 34.2 Å². The van der Waals surface area contributed by atoms with Gasteiger partial charge in [0.25, 0.3) is 5.56 Å². The molecule has 1 aromatic carbocycles. The van der Waals surface area contributed by atoms with Crippen LogP contribution in [0.25, 0.3) is 10.9 Å². The molecule has 15 heavy (non-hydrogen) atoms. The Labute approximate surface area is 85.7 Å². The van der Waals surface area contributed by atoms with E-state index in [4.69, 9.17) is 0 Å². The second-order valence-corrected chi connectivity index (χ2v) is 5.14. The van der Waals surface area contributed by atoms with Crippen LogP contribution in [0.5, 0.6) is 0 Å². The van der Waals surface area contributed by atoms with Crippen molar-refractivity contribution in [3.8, 4) is 0 Å². The number of benzene rings is 1. The number of hydrogen-bond acceptors (Lipinski definition) is 4. The molecule has 1 aromatic heterocycles. The van der Waals surface area contributed by atoms with Gasteiger partial charge in [-0.3, -0.25) is 4.79 Å². The maximum Gasteiger partial charge on any atom is 0.258 e. The lowest BCUT2D eigenvalue weighted by molar-refractivity contribution is 0.602. The molecule has 0 saturated carbocycles. The summed E-state index contributed by atoms with van der Waals surface area (Å²) in [7, 11) is -3.36. The Morgan fingerprint density at radius 1 is 1.33 bits per heavy atom. The zero-order valence-electron chi connectivity index (χ0n) is 7.89. The van der Waals surface area contributed by atoms with E-state index in [2.05, 4.69) is 9.97 Å². The van der Waals surface area contributed by atoms with Crippen LogP contribution in [0.1, 0.15) is 0 Å². The highest BCUT2D eigenvalue weighted by Gasteiger charge is 2.13. The van der Waals surface area contributed by atoms with E-state index in [-0.39, 0.29) is 21.4 Å². The number of fused-ring (bicyclic) bond motifs is 1. The summed E-state index contributed by atoms with van der Waals surface area (Å²) in [4.78, 5) is 17.7. The molecular formula is C9H8N2O3S. The number of rotatable bonds is 1. The second kappa shape index (κ2) is 3.16. The van der Waals surface area contributed by atoms with Crippen molar-refractivity contribution in [3.63, 3.8) is 0 Å². The molecule has 0 aliphatic rings. The average Bonchev–Trinajstić information content (AvgIpc) is 2.16. The third kappa shape index (κ3) is 1.63. The van der Waals surface area contributed by atoms with Crippen LogP contribution in [0, 0.1) is 0 Å². The Bertz CT molecular complexity index is 673. The SMILES string of the molecule is CS(=O)(=O)c1cccc2c(=O)[nH]cnc12. The van der Waals surface area contributed by atoms with E-state index in [0.717, 1.165) is 6.26 Å². The van der Waals surface area contributed by atoms with Crippen LogP contribution >= 0.6 is 0 Å².